The summed E-state index contributed by atoms with van der Waals surface area (Å²) < 4.78 is 5.85. The number of aryl methyl sites for hydroxylation is 1. The van der Waals surface area contributed by atoms with Gasteiger partial charge in [-0.05, 0) is 68.4 Å². The summed E-state index contributed by atoms with van der Waals surface area (Å²) in [5.41, 5.74) is 3.40. The SMILES string of the molecule is Cc1cncc(Oc2ccc(C(=O)c3c[nH]c4nccc(N[C@H]5CC[C@H](CO)CC5)c34)c(Cl)c2)c1. The number of pyridine rings is 2. The highest BCUT2D eigenvalue weighted by atomic mass is 35.5. The minimum absolute atomic E-state index is 0.190. The van der Waals surface area contributed by atoms with E-state index in [1.807, 2.05) is 19.1 Å². The molecule has 1 aliphatic rings. The number of carbonyl (C=O) groups excluding carboxylic acids is 1. The van der Waals surface area contributed by atoms with Crippen LogP contribution in [0.15, 0.2) is 55.1 Å². The first-order valence-corrected chi connectivity index (χ1v) is 12.2. The van der Waals surface area contributed by atoms with Crippen molar-refractivity contribution in [2.45, 2.75) is 38.6 Å². The molecule has 0 spiro atoms. The van der Waals surface area contributed by atoms with E-state index in [0.717, 1.165) is 42.3 Å². The Hall–Kier alpha value is -3.42. The maximum atomic E-state index is 13.5. The zero-order chi connectivity index (χ0) is 24.4. The average Bonchev–Trinajstić information content (AvgIpc) is 3.30. The van der Waals surface area contributed by atoms with Gasteiger partial charge in [-0.1, -0.05) is 11.6 Å². The van der Waals surface area contributed by atoms with Crippen molar-refractivity contribution in [3.05, 3.63) is 76.8 Å². The molecule has 7 nitrogen and oxygen atoms in total. The molecule has 0 unspecified atom stereocenters. The number of halogens is 1. The molecular weight excluding hydrogens is 464 g/mol. The number of hydrogen-bond donors (Lipinski definition) is 3. The summed E-state index contributed by atoms with van der Waals surface area (Å²) in [6, 6.07) is 9.12. The molecule has 0 aliphatic heterocycles. The number of ketones is 1. The number of benzene rings is 1. The molecule has 3 N–H and O–H groups in total. The van der Waals surface area contributed by atoms with Crippen LogP contribution in [0, 0.1) is 12.8 Å². The number of aromatic amines is 1. The minimum atomic E-state index is -0.190. The molecule has 35 heavy (non-hydrogen) atoms. The van der Waals surface area contributed by atoms with Crippen molar-refractivity contribution < 1.29 is 14.6 Å². The number of fused-ring (bicyclic) bond motifs is 1. The van der Waals surface area contributed by atoms with Crippen molar-refractivity contribution in [2.75, 3.05) is 11.9 Å². The quantitative estimate of drug-likeness (QED) is 0.279. The lowest BCUT2D eigenvalue weighted by Gasteiger charge is -2.29. The Kier molecular flexibility index (Phi) is 6.70. The molecule has 180 valence electrons. The standard InChI is InChI=1S/C27H27ClN4O3/c1-16-10-20(13-29-12-16)35-19-6-7-21(23(28)11-19)26(34)22-14-31-27-25(22)24(8-9-30-27)32-18-4-2-17(15-33)3-5-18/h6-14,17-18,33H,2-5,15H2,1H3,(H2,30,31,32)/t17-,18-. The summed E-state index contributed by atoms with van der Waals surface area (Å²) in [7, 11) is 0. The summed E-state index contributed by atoms with van der Waals surface area (Å²) in [4.78, 5) is 25.2. The van der Waals surface area contributed by atoms with E-state index >= 15 is 0 Å². The van der Waals surface area contributed by atoms with E-state index in [-0.39, 0.29) is 18.4 Å². The molecule has 5 rings (SSSR count). The van der Waals surface area contributed by atoms with Crippen LogP contribution in [0.3, 0.4) is 0 Å². The third-order valence-electron chi connectivity index (χ3n) is 6.55. The first-order valence-electron chi connectivity index (χ1n) is 11.8. The number of ether oxygens (including phenoxy) is 1. The number of aromatic nitrogens is 3. The number of carbonyl (C=O) groups is 1. The topological polar surface area (TPSA) is 100 Å². The highest BCUT2D eigenvalue weighted by Gasteiger charge is 2.24. The highest BCUT2D eigenvalue weighted by molar-refractivity contribution is 6.35. The van der Waals surface area contributed by atoms with Crippen molar-refractivity contribution in [3.8, 4) is 11.5 Å². The lowest BCUT2D eigenvalue weighted by molar-refractivity contribution is 0.104. The fourth-order valence-corrected chi connectivity index (χ4v) is 4.93. The third kappa shape index (κ3) is 5.01. The second-order valence-corrected chi connectivity index (χ2v) is 9.51. The van der Waals surface area contributed by atoms with E-state index < -0.39 is 0 Å². The number of nitrogens with one attached hydrogen (secondary N) is 2. The van der Waals surface area contributed by atoms with Crippen LogP contribution in [0.2, 0.25) is 5.02 Å². The van der Waals surface area contributed by atoms with E-state index in [2.05, 4.69) is 20.3 Å². The Balaban J connectivity index is 1.40. The first kappa shape index (κ1) is 23.3. The molecule has 1 aromatic carbocycles. The molecule has 0 amide bonds. The van der Waals surface area contributed by atoms with Gasteiger partial charge in [-0.3, -0.25) is 9.78 Å². The summed E-state index contributed by atoms with van der Waals surface area (Å²) in [5.74, 6) is 1.32. The molecule has 1 saturated carbocycles. The van der Waals surface area contributed by atoms with Gasteiger partial charge in [0.2, 0.25) is 0 Å². The van der Waals surface area contributed by atoms with Gasteiger partial charge in [-0.15, -0.1) is 0 Å². The normalized spacial score (nSPS) is 17.9. The predicted molar refractivity (Wildman–Crippen MR) is 136 cm³/mol. The number of anilines is 1. The van der Waals surface area contributed by atoms with Crippen LogP contribution in [0.25, 0.3) is 11.0 Å². The molecule has 1 aliphatic carbocycles. The summed E-state index contributed by atoms with van der Waals surface area (Å²) in [6.45, 7) is 2.18. The first-order chi connectivity index (χ1) is 17.0. The van der Waals surface area contributed by atoms with Gasteiger partial charge in [0.25, 0.3) is 0 Å². The Labute approximate surface area is 208 Å². The number of hydrogen-bond acceptors (Lipinski definition) is 6. The Morgan fingerprint density at radius 2 is 1.97 bits per heavy atom. The van der Waals surface area contributed by atoms with Gasteiger partial charge >= 0.3 is 0 Å². The summed E-state index contributed by atoms with van der Waals surface area (Å²) in [5, 5.41) is 14.1. The van der Waals surface area contributed by atoms with E-state index in [4.69, 9.17) is 16.3 Å². The molecule has 3 aromatic heterocycles. The summed E-state index contributed by atoms with van der Waals surface area (Å²) >= 11 is 6.53. The van der Waals surface area contributed by atoms with Gasteiger partial charge in [-0.2, -0.15) is 0 Å². The fourth-order valence-electron chi connectivity index (χ4n) is 4.67. The number of rotatable bonds is 7. The average molecular weight is 491 g/mol. The van der Waals surface area contributed by atoms with Crippen molar-refractivity contribution in [1.29, 1.82) is 0 Å². The maximum absolute atomic E-state index is 13.5. The van der Waals surface area contributed by atoms with Crippen molar-refractivity contribution in [3.63, 3.8) is 0 Å². The van der Waals surface area contributed by atoms with Gasteiger partial charge < -0.3 is 20.1 Å². The number of aliphatic hydroxyl groups is 1. The van der Waals surface area contributed by atoms with Crippen LogP contribution in [0.1, 0.15) is 47.2 Å². The molecule has 8 heteroatoms. The Bertz CT molecular complexity index is 1360. The van der Waals surface area contributed by atoms with Crippen LogP contribution in [0.4, 0.5) is 5.69 Å². The molecule has 1 fully saturated rings. The largest absolute Gasteiger partial charge is 0.456 e. The van der Waals surface area contributed by atoms with Crippen LogP contribution in [-0.4, -0.2) is 38.5 Å². The van der Waals surface area contributed by atoms with Crippen LogP contribution in [-0.2, 0) is 0 Å². The Morgan fingerprint density at radius 3 is 2.71 bits per heavy atom. The van der Waals surface area contributed by atoms with Gasteiger partial charge in [-0.25, -0.2) is 4.98 Å². The smallest absolute Gasteiger partial charge is 0.196 e. The lowest BCUT2D eigenvalue weighted by Crippen LogP contribution is -2.27. The van der Waals surface area contributed by atoms with Crippen molar-refractivity contribution in [1.82, 2.24) is 15.0 Å². The zero-order valence-corrected chi connectivity index (χ0v) is 20.2. The van der Waals surface area contributed by atoms with E-state index in [9.17, 15) is 9.90 Å². The van der Waals surface area contributed by atoms with Crippen LogP contribution < -0.4 is 10.1 Å². The second-order valence-electron chi connectivity index (χ2n) is 9.10. The zero-order valence-electron chi connectivity index (χ0n) is 19.4. The third-order valence-corrected chi connectivity index (χ3v) is 6.87. The van der Waals surface area contributed by atoms with Crippen molar-refractivity contribution in [2.24, 2.45) is 5.92 Å². The number of H-pyrrole nitrogens is 1. The molecule has 0 radical (unpaired) electrons. The van der Waals surface area contributed by atoms with E-state index in [1.54, 1.807) is 43.0 Å². The van der Waals surface area contributed by atoms with Gasteiger partial charge in [0.05, 0.1) is 22.2 Å². The molecule has 4 aromatic rings. The minimum Gasteiger partial charge on any atom is -0.456 e. The number of nitrogens with zero attached hydrogens (tertiary/aromatic N) is 2. The van der Waals surface area contributed by atoms with Gasteiger partial charge in [0.1, 0.15) is 17.1 Å². The summed E-state index contributed by atoms with van der Waals surface area (Å²) in [6.07, 6.45) is 10.7. The molecule has 0 bridgehead atoms. The number of aliphatic hydroxyl groups excluding tert-OH is 1. The fraction of sp³-hybridized carbons (Fsp3) is 0.296. The molecule has 3 heterocycles. The van der Waals surface area contributed by atoms with Crippen LogP contribution in [0.5, 0.6) is 11.5 Å². The predicted octanol–water partition coefficient (Wildman–Crippen LogP) is 5.91. The highest BCUT2D eigenvalue weighted by Crippen LogP contribution is 2.33. The lowest BCUT2D eigenvalue weighted by atomic mass is 9.86. The maximum Gasteiger partial charge on any atom is 0.196 e. The molecule has 0 saturated heterocycles. The monoisotopic (exact) mass is 490 g/mol. The van der Waals surface area contributed by atoms with Crippen molar-refractivity contribution >= 4 is 34.1 Å². The van der Waals surface area contributed by atoms with E-state index in [1.165, 1.54) is 0 Å². The Morgan fingerprint density at radius 1 is 1.14 bits per heavy atom. The second kappa shape index (κ2) is 10.1. The van der Waals surface area contributed by atoms with Gasteiger partial charge in [0, 0.05) is 48.6 Å². The van der Waals surface area contributed by atoms with Gasteiger partial charge in [0.15, 0.2) is 5.78 Å². The molecule has 0 atom stereocenters. The van der Waals surface area contributed by atoms with E-state index in [0.29, 0.717) is 39.2 Å². The van der Waals surface area contributed by atoms with Crippen LogP contribution >= 0.6 is 11.6 Å². The molecular formula is C27H27ClN4O3.